The SMILES string of the molecule is CCC(CSC)N(C)C(=O)Nc1ccc(C(=O)O)cc1C. The summed E-state index contributed by atoms with van der Waals surface area (Å²) in [7, 11) is 1.78. The molecule has 2 N–H and O–H groups in total. The Morgan fingerprint density at radius 2 is 2.10 bits per heavy atom. The van der Waals surface area contributed by atoms with Crippen molar-refractivity contribution in [3.05, 3.63) is 29.3 Å². The molecule has 0 aliphatic carbocycles. The van der Waals surface area contributed by atoms with Gasteiger partial charge in [-0.05, 0) is 43.4 Å². The lowest BCUT2D eigenvalue weighted by atomic mass is 10.1. The Bertz CT molecular complexity index is 520. The van der Waals surface area contributed by atoms with Crippen molar-refractivity contribution in [2.75, 3.05) is 24.4 Å². The first-order valence-corrected chi connectivity index (χ1v) is 8.16. The molecule has 0 saturated carbocycles. The van der Waals surface area contributed by atoms with Gasteiger partial charge < -0.3 is 15.3 Å². The molecule has 6 heteroatoms. The van der Waals surface area contributed by atoms with Crippen LogP contribution in [0, 0.1) is 6.92 Å². The van der Waals surface area contributed by atoms with Crippen LogP contribution in [0.5, 0.6) is 0 Å². The summed E-state index contributed by atoms with van der Waals surface area (Å²) in [6, 6.07) is 4.67. The van der Waals surface area contributed by atoms with Gasteiger partial charge in [0.15, 0.2) is 0 Å². The third-order valence-electron chi connectivity index (χ3n) is 3.41. The first-order chi connectivity index (χ1) is 9.90. The first-order valence-electron chi connectivity index (χ1n) is 6.77. The molecule has 0 aromatic heterocycles. The van der Waals surface area contributed by atoms with Gasteiger partial charge in [0.25, 0.3) is 0 Å². The van der Waals surface area contributed by atoms with Gasteiger partial charge in [0, 0.05) is 24.5 Å². The van der Waals surface area contributed by atoms with Gasteiger partial charge in [-0.2, -0.15) is 11.8 Å². The molecule has 1 rings (SSSR count). The van der Waals surface area contributed by atoms with Crippen LogP contribution in [-0.4, -0.2) is 47.1 Å². The number of nitrogens with one attached hydrogen (secondary N) is 1. The van der Waals surface area contributed by atoms with Crippen molar-refractivity contribution >= 4 is 29.4 Å². The molecule has 0 heterocycles. The van der Waals surface area contributed by atoms with Crippen LogP contribution in [0.25, 0.3) is 0 Å². The van der Waals surface area contributed by atoms with Gasteiger partial charge in [-0.1, -0.05) is 6.92 Å². The Hall–Kier alpha value is -1.69. The number of anilines is 1. The van der Waals surface area contributed by atoms with Crippen LogP contribution in [0.3, 0.4) is 0 Å². The van der Waals surface area contributed by atoms with Gasteiger partial charge in [0.1, 0.15) is 0 Å². The van der Waals surface area contributed by atoms with Crippen molar-refractivity contribution in [1.82, 2.24) is 4.90 Å². The maximum Gasteiger partial charge on any atom is 0.335 e. The quantitative estimate of drug-likeness (QED) is 0.846. The van der Waals surface area contributed by atoms with Gasteiger partial charge >= 0.3 is 12.0 Å². The number of hydrogen-bond acceptors (Lipinski definition) is 3. The fourth-order valence-electron chi connectivity index (χ4n) is 2.00. The molecule has 1 aromatic rings. The summed E-state index contributed by atoms with van der Waals surface area (Å²) < 4.78 is 0. The molecular weight excluding hydrogens is 288 g/mol. The standard InChI is InChI=1S/C15H22N2O3S/c1-5-12(9-21-4)17(3)15(20)16-13-7-6-11(14(18)19)8-10(13)2/h6-8,12H,5,9H2,1-4H3,(H,16,20)(H,18,19). The lowest BCUT2D eigenvalue weighted by Gasteiger charge is -2.27. The minimum Gasteiger partial charge on any atom is -0.478 e. The number of carbonyl (C=O) groups is 2. The molecule has 0 aliphatic heterocycles. The summed E-state index contributed by atoms with van der Waals surface area (Å²) in [6.45, 7) is 3.83. The smallest absolute Gasteiger partial charge is 0.335 e. The maximum absolute atomic E-state index is 12.2. The molecule has 0 bridgehead atoms. The Labute approximate surface area is 129 Å². The number of carboxylic acid groups (broad SMARTS) is 1. The van der Waals surface area contributed by atoms with Crippen LogP contribution in [0.2, 0.25) is 0 Å². The molecule has 5 nitrogen and oxygen atoms in total. The highest BCUT2D eigenvalue weighted by atomic mass is 32.2. The Kier molecular flexibility index (Phi) is 6.55. The van der Waals surface area contributed by atoms with Crippen LogP contribution >= 0.6 is 11.8 Å². The van der Waals surface area contributed by atoms with Crippen molar-refractivity contribution in [3.63, 3.8) is 0 Å². The number of aryl methyl sites for hydroxylation is 1. The van der Waals surface area contributed by atoms with Gasteiger partial charge in [-0.3, -0.25) is 0 Å². The number of rotatable bonds is 6. The number of aromatic carboxylic acids is 1. The third-order valence-corrected chi connectivity index (χ3v) is 4.13. The molecule has 0 radical (unpaired) electrons. The molecule has 0 spiro atoms. The van der Waals surface area contributed by atoms with Crippen LogP contribution in [0.1, 0.15) is 29.3 Å². The zero-order valence-electron chi connectivity index (χ0n) is 12.8. The summed E-state index contributed by atoms with van der Waals surface area (Å²) in [5, 5.41) is 11.8. The first kappa shape index (κ1) is 17.4. The molecule has 21 heavy (non-hydrogen) atoms. The second kappa shape index (κ2) is 7.93. The van der Waals surface area contributed by atoms with Gasteiger partial charge in [0.05, 0.1) is 5.56 Å². The molecule has 0 saturated heterocycles. The second-order valence-electron chi connectivity index (χ2n) is 4.89. The zero-order chi connectivity index (χ0) is 16.0. The molecule has 2 amide bonds. The molecule has 1 aromatic carbocycles. The largest absolute Gasteiger partial charge is 0.478 e. The average Bonchev–Trinajstić information content (AvgIpc) is 2.45. The molecule has 1 unspecified atom stereocenters. The van der Waals surface area contributed by atoms with Crippen molar-refractivity contribution < 1.29 is 14.7 Å². The Morgan fingerprint density at radius 1 is 1.43 bits per heavy atom. The van der Waals surface area contributed by atoms with Crippen LogP contribution in [-0.2, 0) is 0 Å². The van der Waals surface area contributed by atoms with E-state index in [-0.39, 0.29) is 17.6 Å². The lowest BCUT2D eigenvalue weighted by Crippen LogP contribution is -2.41. The van der Waals surface area contributed by atoms with E-state index in [1.165, 1.54) is 6.07 Å². The van der Waals surface area contributed by atoms with E-state index >= 15 is 0 Å². The molecule has 0 aliphatic rings. The number of amides is 2. The van der Waals surface area contributed by atoms with Crippen molar-refractivity contribution in [1.29, 1.82) is 0 Å². The van der Waals surface area contributed by atoms with Crippen molar-refractivity contribution in [2.24, 2.45) is 0 Å². The number of nitrogens with zero attached hydrogens (tertiary/aromatic N) is 1. The monoisotopic (exact) mass is 310 g/mol. The van der Waals surface area contributed by atoms with Crippen molar-refractivity contribution in [3.8, 4) is 0 Å². The van der Waals surface area contributed by atoms with Gasteiger partial charge in [-0.25, -0.2) is 9.59 Å². The third kappa shape index (κ3) is 4.67. The highest BCUT2D eigenvalue weighted by molar-refractivity contribution is 7.98. The van der Waals surface area contributed by atoms with E-state index in [1.54, 1.807) is 42.8 Å². The molecular formula is C15H22N2O3S. The number of thioether (sulfide) groups is 1. The van der Waals surface area contributed by atoms with Gasteiger partial charge in [-0.15, -0.1) is 0 Å². The van der Waals surface area contributed by atoms with E-state index in [9.17, 15) is 9.59 Å². The number of hydrogen-bond donors (Lipinski definition) is 2. The van der Waals surface area contributed by atoms with E-state index in [0.717, 1.165) is 17.7 Å². The minimum absolute atomic E-state index is 0.179. The number of carboxylic acids is 1. The van der Waals surface area contributed by atoms with Crippen molar-refractivity contribution in [2.45, 2.75) is 26.3 Å². The fourth-order valence-corrected chi connectivity index (χ4v) is 2.85. The zero-order valence-corrected chi connectivity index (χ0v) is 13.7. The minimum atomic E-state index is -0.973. The van der Waals surface area contributed by atoms with E-state index in [2.05, 4.69) is 12.2 Å². The van der Waals surface area contributed by atoms with E-state index in [4.69, 9.17) is 5.11 Å². The molecule has 0 fully saturated rings. The summed E-state index contributed by atoms with van der Waals surface area (Å²) >= 11 is 1.71. The van der Waals surface area contributed by atoms with E-state index in [1.807, 2.05) is 6.26 Å². The second-order valence-corrected chi connectivity index (χ2v) is 5.80. The normalized spacial score (nSPS) is 11.8. The Morgan fingerprint density at radius 3 is 2.57 bits per heavy atom. The van der Waals surface area contributed by atoms with Crippen LogP contribution < -0.4 is 5.32 Å². The number of urea groups is 1. The van der Waals surface area contributed by atoms with E-state index < -0.39 is 5.97 Å². The lowest BCUT2D eigenvalue weighted by molar-refractivity contribution is 0.0697. The van der Waals surface area contributed by atoms with Crippen LogP contribution in [0.4, 0.5) is 10.5 Å². The fraction of sp³-hybridized carbons (Fsp3) is 0.467. The summed E-state index contributed by atoms with van der Waals surface area (Å²) in [5.41, 5.74) is 1.58. The maximum atomic E-state index is 12.2. The molecule has 116 valence electrons. The summed E-state index contributed by atoms with van der Waals surface area (Å²) in [5.74, 6) is -0.0868. The average molecular weight is 310 g/mol. The van der Waals surface area contributed by atoms with Crippen LogP contribution in [0.15, 0.2) is 18.2 Å². The summed E-state index contributed by atoms with van der Waals surface area (Å²) in [4.78, 5) is 24.8. The predicted octanol–water partition coefficient (Wildman–Crippen LogP) is 3.30. The predicted molar refractivity (Wildman–Crippen MR) is 87.4 cm³/mol. The molecule has 1 atom stereocenters. The Balaban J connectivity index is 2.81. The number of benzene rings is 1. The highest BCUT2D eigenvalue weighted by Gasteiger charge is 2.18. The number of carbonyl (C=O) groups excluding carboxylic acids is 1. The highest BCUT2D eigenvalue weighted by Crippen LogP contribution is 2.18. The summed E-state index contributed by atoms with van der Waals surface area (Å²) in [6.07, 6.45) is 2.91. The van der Waals surface area contributed by atoms with E-state index in [0.29, 0.717) is 5.69 Å². The van der Waals surface area contributed by atoms with Gasteiger partial charge in [0.2, 0.25) is 0 Å². The topological polar surface area (TPSA) is 69.6 Å².